The van der Waals surface area contributed by atoms with Gasteiger partial charge < -0.3 is 9.47 Å². The summed E-state index contributed by atoms with van der Waals surface area (Å²) in [6, 6.07) is 9.82. The van der Waals surface area contributed by atoms with Crippen molar-refractivity contribution in [3.8, 4) is 0 Å². The summed E-state index contributed by atoms with van der Waals surface area (Å²) in [5.74, 6) is -0.411. The van der Waals surface area contributed by atoms with E-state index in [2.05, 4.69) is 28.6 Å². The molecule has 28 heavy (non-hydrogen) atoms. The van der Waals surface area contributed by atoms with Crippen LogP contribution < -0.4 is 0 Å². The minimum absolute atomic E-state index is 0.0194. The molecule has 4 nitrogen and oxygen atoms in total. The van der Waals surface area contributed by atoms with Crippen molar-refractivity contribution in [2.45, 2.75) is 39.2 Å². The van der Waals surface area contributed by atoms with Crippen molar-refractivity contribution in [1.29, 1.82) is 0 Å². The van der Waals surface area contributed by atoms with Crippen LogP contribution in [-0.2, 0) is 11.2 Å². The lowest BCUT2D eigenvalue weighted by atomic mass is 10.0. The number of halogens is 2. The number of fused-ring (bicyclic) bond motifs is 1. The van der Waals surface area contributed by atoms with Gasteiger partial charge in [-0.1, -0.05) is 6.07 Å². The van der Waals surface area contributed by atoms with E-state index in [0.717, 1.165) is 35.8 Å². The lowest BCUT2D eigenvalue weighted by Gasteiger charge is -2.33. The monoisotopic (exact) mass is 383 g/mol. The molecule has 4 rings (SSSR count). The predicted molar refractivity (Wildman–Crippen MR) is 104 cm³/mol. The van der Waals surface area contributed by atoms with Crippen molar-refractivity contribution in [1.82, 2.24) is 14.5 Å². The molecule has 1 aliphatic heterocycles. The van der Waals surface area contributed by atoms with E-state index in [1.54, 1.807) is 4.90 Å². The Bertz CT molecular complexity index is 1020. The first-order valence-electron chi connectivity index (χ1n) is 9.58. The molecule has 6 heteroatoms. The van der Waals surface area contributed by atoms with E-state index in [-0.39, 0.29) is 12.3 Å². The third-order valence-electron chi connectivity index (χ3n) is 5.48. The van der Waals surface area contributed by atoms with Gasteiger partial charge in [0.1, 0.15) is 17.5 Å². The maximum absolute atomic E-state index is 13.3. The molecule has 1 aliphatic rings. The second-order valence-electron chi connectivity index (χ2n) is 7.59. The number of imidazole rings is 1. The standard InChI is InChI=1S/C22H23F2N3O/c1-14-3-4-20-21(9-14)27(15(2)25-20)19-5-7-26(8-6-19)22(28)12-16-10-17(23)13-18(24)11-16/h3-4,9-11,13,19H,5-8,12H2,1-2H3. The highest BCUT2D eigenvalue weighted by Crippen LogP contribution is 2.29. The maximum Gasteiger partial charge on any atom is 0.226 e. The number of nitrogens with zero attached hydrogens (tertiary/aromatic N) is 3. The van der Waals surface area contributed by atoms with E-state index in [1.165, 1.54) is 17.7 Å². The van der Waals surface area contributed by atoms with E-state index < -0.39 is 11.6 Å². The molecule has 1 saturated heterocycles. The Labute approximate surface area is 162 Å². The second kappa shape index (κ2) is 7.34. The number of carbonyl (C=O) groups excluding carboxylic acids is 1. The Morgan fingerprint density at radius 2 is 1.75 bits per heavy atom. The summed E-state index contributed by atoms with van der Waals surface area (Å²) >= 11 is 0. The van der Waals surface area contributed by atoms with E-state index in [9.17, 15) is 13.6 Å². The van der Waals surface area contributed by atoms with Gasteiger partial charge in [-0.15, -0.1) is 0 Å². The number of hydrogen-bond acceptors (Lipinski definition) is 2. The number of piperidine rings is 1. The fourth-order valence-corrected chi connectivity index (χ4v) is 4.16. The second-order valence-corrected chi connectivity index (χ2v) is 7.59. The molecule has 1 aromatic heterocycles. The molecule has 0 radical (unpaired) electrons. The Balaban J connectivity index is 1.45. The number of aromatic nitrogens is 2. The van der Waals surface area contributed by atoms with Crippen LogP contribution in [0.2, 0.25) is 0 Å². The third-order valence-corrected chi connectivity index (χ3v) is 5.48. The van der Waals surface area contributed by atoms with Crippen LogP contribution >= 0.6 is 0 Å². The van der Waals surface area contributed by atoms with Crippen molar-refractivity contribution in [3.63, 3.8) is 0 Å². The fraction of sp³-hybridized carbons (Fsp3) is 0.364. The largest absolute Gasteiger partial charge is 0.342 e. The minimum Gasteiger partial charge on any atom is -0.342 e. The van der Waals surface area contributed by atoms with Gasteiger partial charge in [0.05, 0.1) is 17.5 Å². The van der Waals surface area contributed by atoms with Crippen LogP contribution in [0.4, 0.5) is 8.78 Å². The molecule has 1 amide bonds. The summed E-state index contributed by atoms with van der Waals surface area (Å²) in [6.45, 7) is 5.35. The maximum atomic E-state index is 13.3. The van der Waals surface area contributed by atoms with Gasteiger partial charge in [-0.2, -0.15) is 0 Å². The Morgan fingerprint density at radius 3 is 2.43 bits per heavy atom. The quantitative estimate of drug-likeness (QED) is 0.675. The molecule has 146 valence electrons. The van der Waals surface area contributed by atoms with Crippen molar-refractivity contribution in [2.75, 3.05) is 13.1 Å². The fourth-order valence-electron chi connectivity index (χ4n) is 4.16. The molecule has 3 aromatic rings. The summed E-state index contributed by atoms with van der Waals surface area (Å²) < 4.78 is 29.0. The smallest absolute Gasteiger partial charge is 0.226 e. The molecular formula is C22H23F2N3O. The molecule has 0 spiro atoms. The van der Waals surface area contributed by atoms with Gasteiger partial charge in [-0.25, -0.2) is 13.8 Å². The first-order chi connectivity index (χ1) is 13.4. The van der Waals surface area contributed by atoms with Gasteiger partial charge >= 0.3 is 0 Å². The van der Waals surface area contributed by atoms with Gasteiger partial charge in [0.15, 0.2) is 0 Å². The van der Waals surface area contributed by atoms with Crippen LogP contribution in [0.25, 0.3) is 11.0 Å². The van der Waals surface area contributed by atoms with Gasteiger partial charge in [0.25, 0.3) is 0 Å². The predicted octanol–water partition coefficient (Wildman–Crippen LogP) is 4.34. The minimum atomic E-state index is -0.653. The lowest BCUT2D eigenvalue weighted by Crippen LogP contribution is -2.40. The normalized spacial score (nSPS) is 15.4. The first kappa shape index (κ1) is 18.6. The Hall–Kier alpha value is -2.76. The van der Waals surface area contributed by atoms with Crippen LogP contribution in [0.3, 0.4) is 0 Å². The van der Waals surface area contributed by atoms with E-state index in [1.807, 2.05) is 13.0 Å². The molecule has 0 aliphatic carbocycles. The molecule has 0 saturated carbocycles. The summed E-state index contributed by atoms with van der Waals surface area (Å²) in [4.78, 5) is 19.0. The zero-order valence-electron chi connectivity index (χ0n) is 16.1. The zero-order chi connectivity index (χ0) is 19.8. The molecule has 1 fully saturated rings. The number of carbonyl (C=O) groups is 1. The lowest BCUT2D eigenvalue weighted by molar-refractivity contribution is -0.131. The average molecular weight is 383 g/mol. The molecule has 2 aromatic carbocycles. The summed E-state index contributed by atoms with van der Waals surface area (Å²) in [6.07, 6.45) is 1.69. The Morgan fingerprint density at radius 1 is 1.07 bits per heavy atom. The van der Waals surface area contributed by atoms with Gasteiger partial charge in [0, 0.05) is 25.2 Å². The summed E-state index contributed by atoms with van der Waals surface area (Å²) in [5.41, 5.74) is 3.70. The highest BCUT2D eigenvalue weighted by molar-refractivity contribution is 5.79. The molecular weight excluding hydrogens is 360 g/mol. The van der Waals surface area contributed by atoms with E-state index in [0.29, 0.717) is 24.7 Å². The van der Waals surface area contributed by atoms with Crippen molar-refractivity contribution in [3.05, 3.63) is 65.0 Å². The van der Waals surface area contributed by atoms with Crippen LogP contribution in [0.5, 0.6) is 0 Å². The average Bonchev–Trinajstić information content (AvgIpc) is 2.96. The van der Waals surface area contributed by atoms with Crippen molar-refractivity contribution in [2.24, 2.45) is 0 Å². The zero-order valence-corrected chi connectivity index (χ0v) is 16.1. The molecule has 0 bridgehead atoms. The number of rotatable bonds is 3. The SMILES string of the molecule is Cc1ccc2nc(C)n(C3CCN(C(=O)Cc4cc(F)cc(F)c4)CC3)c2c1. The molecule has 0 N–H and O–H groups in total. The molecule has 0 unspecified atom stereocenters. The highest BCUT2D eigenvalue weighted by Gasteiger charge is 2.26. The van der Waals surface area contributed by atoms with Crippen molar-refractivity contribution >= 4 is 16.9 Å². The van der Waals surface area contributed by atoms with E-state index in [4.69, 9.17) is 0 Å². The van der Waals surface area contributed by atoms with Gasteiger partial charge in [-0.05, 0) is 62.1 Å². The van der Waals surface area contributed by atoms with E-state index >= 15 is 0 Å². The molecule has 0 atom stereocenters. The van der Waals surface area contributed by atoms with Crippen LogP contribution in [0, 0.1) is 25.5 Å². The highest BCUT2D eigenvalue weighted by atomic mass is 19.1. The number of amides is 1. The van der Waals surface area contributed by atoms with Crippen LogP contribution in [-0.4, -0.2) is 33.4 Å². The van der Waals surface area contributed by atoms with Crippen molar-refractivity contribution < 1.29 is 13.6 Å². The number of hydrogen-bond donors (Lipinski definition) is 0. The summed E-state index contributed by atoms with van der Waals surface area (Å²) in [5, 5.41) is 0. The van der Waals surface area contributed by atoms with Crippen LogP contribution in [0.1, 0.15) is 35.8 Å². The van der Waals surface area contributed by atoms with Gasteiger partial charge in [0.2, 0.25) is 5.91 Å². The molecule has 2 heterocycles. The number of aryl methyl sites for hydroxylation is 2. The van der Waals surface area contributed by atoms with Crippen LogP contribution in [0.15, 0.2) is 36.4 Å². The number of benzene rings is 2. The third kappa shape index (κ3) is 3.63. The first-order valence-corrected chi connectivity index (χ1v) is 9.58. The summed E-state index contributed by atoms with van der Waals surface area (Å²) in [7, 11) is 0. The topological polar surface area (TPSA) is 38.1 Å². The van der Waals surface area contributed by atoms with Gasteiger partial charge in [-0.3, -0.25) is 4.79 Å². The number of likely N-dealkylation sites (tertiary alicyclic amines) is 1. The Kier molecular flexibility index (Phi) is 4.87.